The van der Waals surface area contributed by atoms with Crippen LogP contribution in [0.1, 0.15) is 35.3 Å². The number of benzene rings is 3. The Balaban J connectivity index is 1.27. The van der Waals surface area contributed by atoms with E-state index in [2.05, 4.69) is 32.5 Å². The van der Waals surface area contributed by atoms with Crippen molar-refractivity contribution in [2.45, 2.75) is 20.4 Å². The number of carbonyl (C=O) groups is 1. The number of piperazine rings is 1. The van der Waals surface area contributed by atoms with Crippen molar-refractivity contribution in [3.05, 3.63) is 89.5 Å². The van der Waals surface area contributed by atoms with Gasteiger partial charge in [0.2, 0.25) is 0 Å². The molecule has 1 aliphatic rings. The Morgan fingerprint density at radius 2 is 1.58 bits per heavy atom. The average molecular weight is 487 g/mol. The fraction of sp³-hybridized carbons (Fsp3) is 0.310. The summed E-state index contributed by atoms with van der Waals surface area (Å²) in [5, 5.41) is 4.26. The standard InChI is InChI=1S/C29H34N4O3/c1-4-36-26-15-13-24(14-16-26)22(2)30-31-29(34)25-11-9-23(10-12-25)21-32-17-19-33(20-18-32)27-7-5-6-8-28(27)35-3/h5-16H,4,17-21H2,1-3H3,(H,31,34)/b30-22-. The summed E-state index contributed by atoms with van der Waals surface area (Å²) in [5.74, 6) is 1.51. The number of hydrazone groups is 1. The maximum Gasteiger partial charge on any atom is 0.271 e. The summed E-state index contributed by atoms with van der Waals surface area (Å²) in [6, 6.07) is 23.6. The minimum absolute atomic E-state index is 0.225. The summed E-state index contributed by atoms with van der Waals surface area (Å²) >= 11 is 0. The third-order valence-corrected chi connectivity index (χ3v) is 6.33. The number of methoxy groups -OCH3 is 1. The maximum atomic E-state index is 12.6. The lowest BCUT2D eigenvalue weighted by molar-refractivity contribution is 0.0955. The molecule has 1 amide bonds. The van der Waals surface area contributed by atoms with Gasteiger partial charge in [-0.3, -0.25) is 9.69 Å². The van der Waals surface area contributed by atoms with Crippen molar-refractivity contribution in [3.63, 3.8) is 0 Å². The van der Waals surface area contributed by atoms with E-state index in [1.807, 2.05) is 74.5 Å². The third kappa shape index (κ3) is 6.43. The van der Waals surface area contributed by atoms with Crippen LogP contribution in [0.4, 0.5) is 5.69 Å². The second kappa shape index (κ2) is 12.2. The molecular weight excluding hydrogens is 452 g/mol. The van der Waals surface area contributed by atoms with Crippen LogP contribution in [0.5, 0.6) is 11.5 Å². The molecule has 0 spiro atoms. The summed E-state index contributed by atoms with van der Waals surface area (Å²) in [4.78, 5) is 17.4. The minimum Gasteiger partial charge on any atom is -0.495 e. The van der Waals surface area contributed by atoms with Gasteiger partial charge in [-0.25, -0.2) is 5.43 Å². The smallest absolute Gasteiger partial charge is 0.271 e. The van der Waals surface area contributed by atoms with Gasteiger partial charge in [0, 0.05) is 38.3 Å². The molecule has 0 saturated carbocycles. The van der Waals surface area contributed by atoms with Gasteiger partial charge in [0.25, 0.3) is 5.91 Å². The minimum atomic E-state index is -0.225. The van der Waals surface area contributed by atoms with E-state index in [1.54, 1.807) is 7.11 Å². The van der Waals surface area contributed by atoms with Crippen molar-refractivity contribution < 1.29 is 14.3 Å². The zero-order valence-corrected chi connectivity index (χ0v) is 21.2. The maximum absolute atomic E-state index is 12.6. The molecule has 7 nitrogen and oxygen atoms in total. The quantitative estimate of drug-likeness (QED) is 0.355. The molecule has 3 aromatic carbocycles. The summed E-state index contributed by atoms with van der Waals surface area (Å²) < 4.78 is 11.0. The van der Waals surface area contributed by atoms with E-state index in [9.17, 15) is 4.79 Å². The number of anilines is 1. The van der Waals surface area contributed by atoms with E-state index < -0.39 is 0 Å². The normalized spacial score (nSPS) is 14.4. The van der Waals surface area contributed by atoms with E-state index >= 15 is 0 Å². The number of hydrogen-bond acceptors (Lipinski definition) is 6. The molecule has 3 aromatic rings. The highest BCUT2D eigenvalue weighted by atomic mass is 16.5. The van der Waals surface area contributed by atoms with Crippen LogP contribution < -0.4 is 19.8 Å². The van der Waals surface area contributed by atoms with Crippen LogP contribution in [0.2, 0.25) is 0 Å². The number of nitrogens with zero attached hydrogens (tertiary/aromatic N) is 3. The highest BCUT2D eigenvalue weighted by molar-refractivity contribution is 6.00. The lowest BCUT2D eigenvalue weighted by atomic mass is 10.1. The second-order valence-corrected chi connectivity index (χ2v) is 8.73. The number of hydrogen-bond donors (Lipinski definition) is 1. The number of amides is 1. The Kier molecular flexibility index (Phi) is 8.57. The number of ether oxygens (including phenoxy) is 2. The fourth-order valence-corrected chi connectivity index (χ4v) is 4.28. The van der Waals surface area contributed by atoms with E-state index in [1.165, 1.54) is 5.56 Å². The molecule has 0 bridgehead atoms. The van der Waals surface area contributed by atoms with Crippen molar-refractivity contribution >= 4 is 17.3 Å². The first kappa shape index (κ1) is 25.3. The summed E-state index contributed by atoms with van der Waals surface area (Å²) in [7, 11) is 1.72. The van der Waals surface area contributed by atoms with Crippen LogP contribution in [-0.4, -0.2) is 56.4 Å². The lowest BCUT2D eigenvalue weighted by Crippen LogP contribution is -2.46. The first-order valence-corrected chi connectivity index (χ1v) is 12.3. The van der Waals surface area contributed by atoms with Gasteiger partial charge < -0.3 is 14.4 Å². The largest absolute Gasteiger partial charge is 0.495 e. The van der Waals surface area contributed by atoms with Crippen molar-refractivity contribution in [2.24, 2.45) is 5.10 Å². The SMILES string of the molecule is CCOc1ccc(/C(C)=N\NC(=O)c2ccc(CN3CCN(c4ccccc4OC)CC3)cc2)cc1. The Morgan fingerprint density at radius 1 is 0.917 bits per heavy atom. The first-order chi connectivity index (χ1) is 17.6. The van der Waals surface area contributed by atoms with E-state index in [0.29, 0.717) is 12.2 Å². The van der Waals surface area contributed by atoms with E-state index in [-0.39, 0.29) is 5.91 Å². The molecule has 7 heteroatoms. The first-order valence-electron chi connectivity index (χ1n) is 12.3. The number of nitrogens with one attached hydrogen (secondary N) is 1. The van der Waals surface area contributed by atoms with Crippen molar-refractivity contribution in [3.8, 4) is 11.5 Å². The van der Waals surface area contributed by atoms with Crippen molar-refractivity contribution in [1.82, 2.24) is 10.3 Å². The van der Waals surface area contributed by atoms with Crippen molar-refractivity contribution in [1.29, 1.82) is 0 Å². The van der Waals surface area contributed by atoms with Gasteiger partial charge in [-0.1, -0.05) is 24.3 Å². The molecule has 36 heavy (non-hydrogen) atoms. The van der Waals surface area contributed by atoms with Gasteiger partial charge in [-0.2, -0.15) is 5.10 Å². The highest BCUT2D eigenvalue weighted by Gasteiger charge is 2.19. The molecular formula is C29H34N4O3. The van der Waals surface area contributed by atoms with Crippen LogP contribution in [0.3, 0.4) is 0 Å². The molecule has 1 fully saturated rings. The van der Waals surface area contributed by atoms with Crippen LogP contribution in [0, 0.1) is 0 Å². The van der Waals surface area contributed by atoms with Gasteiger partial charge in [-0.15, -0.1) is 0 Å². The summed E-state index contributed by atoms with van der Waals surface area (Å²) in [6.07, 6.45) is 0. The number of para-hydroxylation sites is 2. The lowest BCUT2D eigenvalue weighted by Gasteiger charge is -2.36. The molecule has 1 N–H and O–H groups in total. The van der Waals surface area contributed by atoms with Gasteiger partial charge in [0.15, 0.2) is 0 Å². The highest BCUT2D eigenvalue weighted by Crippen LogP contribution is 2.28. The molecule has 4 rings (SSSR count). The van der Waals surface area contributed by atoms with Crippen LogP contribution in [0.15, 0.2) is 77.9 Å². The Bertz CT molecular complexity index is 1170. The predicted octanol–water partition coefficient (Wildman–Crippen LogP) is 4.57. The predicted molar refractivity (Wildman–Crippen MR) is 144 cm³/mol. The molecule has 188 valence electrons. The van der Waals surface area contributed by atoms with Crippen molar-refractivity contribution in [2.75, 3.05) is 44.8 Å². The number of rotatable bonds is 9. The zero-order chi connectivity index (χ0) is 25.3. The van der Waals surface area contributed by atoms with Crippen LogP contribution >= 0.6 is 0 Å². The van der Waals surface area contributed by atoms with Crippen LogP contribution in [0.25, 0.3) is 0 Å². The second-order valence-electron chi connectivity index (χ2n) is 8.73. The van der Waals surface area contributed by atoms with Gasteiger partial charge in [0.1, 0.15) is 11.5 Å². The third-order valence-electron chi connectivity index (χ3n) is 6.33. The fourth-order valence-electron chi connectivity index (χ4n) is 4.28. The molecule has 1 aliphatic heterocycles. The van der Waals surface area contributed by atoms with Gasteiger partial charge in [-0.05, 0) is 73.5 Å². The molecule has 1 heterocycles. The zero-order valence-electron chi connectivity index (χ0n) is 21.2. The Morgan fingerprint density at radius 3 is 2.25 bits per heavy atom. The molecule has 1 saturated heterocycles. The molecule has 0 aromatic heterocycles. The summed E-state index contributed by atoms with van der Waals surface area (Å²) in [6.45, 7) is 9.15. The van der Waals surface area contributed by atoms with Gasteiger partial charge in [0.05, 0.1) is 25.1 Å². The van der Waals surface area contributed by atoms with Crippen LogP contribution in [-0.2, 0) is 6.54 Å². The van der Waals surface area contributed by atoms with E-state index in [0.717, 1.165) is 61.2 Å². The number of carbonyl (C=O) groups excluding carboxylic acids is 1. The topological polar surface area (TPSA) is 66.4 Å². The Labute approximate surface area is 213 Å². The van der Waals surface area contributed by atoms with Gasteiger partial charge >= 0.3 is 0 Å². The molecule has 0 radical (unpaired) electrons. The molecule has 0 atom stereocenters. The molecule has 0 aliphatic carbocycles. The Hall–Kier alpha value is -3.84. The summed E-state index contributed by atoms with van der Waals surface area (Å²) in [5.41, 5.74) is 7.24. The average Bonchev–Trinajstić information content (AvgIpc) is 2.93. The monoisotopic (exact) mass is 486 g/mol. The molecule has 0 unspecified atom stereocenters. The van der Waals surface area contributed by atoms with E-state index in [4.69, 9.17) is 9.47 Å².